The lowest BCUT2D eigenvalue weighted by molar-refractivity contribution is -0.132. The molecule has 1 N–H and O–H groups in total. The van der Waals surface area contributed by atoms with Crippen molar-refractivity contribution in [3.63, 3.8) is 0 Å². The maximum Gasteiger partial charge on any atom is 0.223 e. The van der Waals surface area contributed by atoms with Gasteiger partial charge in [-0.3, -0.25) is 9.69 Å². The summed E-state index contributed by atoms with van der Waals surface area (Å²) in [5.74, 6) is 0.992. The van der Waals surface area contributed by atoms with E-state index in [1.165, 1.54) is 12.8 Å². The Morgan fingerprint density at radius 3 is 2.81 bits per heavy atom. The molecule has 0 aromatic carbocycles. The molecule has 1 amide bonds. The van der Waals surface area contributed by atoms with Crippen LogP contribution in [0.2, 0.25) is 0 Å². The van der Waals surface area contributed by atoms with Crippen LogP contribution >= 0.6 is 0 Å². The molecule has 0 aromatic rings. The van der Waals surface area contributed by atoms with E-state index in [1.807, 2.05) is 4.90 Å². The zero-order chi connectivity index (χ0) is 14.9. The van der Waals surface area contributed by atoms with Gasteiger partial charge in [0.1, 0.15) is 0 Å². The highest BCUT2D eigenvalue weighted by molar-refractivity contribution is 5.76. The van der Waals surface area contributed by atoms with Crippen molar-refractivity contribution in [3.8, 4) is 0 Å². The summed E-state index contributed by atoms with van der Waals surface area (Å²) in [4.78, 5) is 16.6. The van der Waals surface area contributed by atoms with Gasteiger partial charge in [-0.05, 0) is 38.3 Å². The van der Waals surface area contributed by atoms with E-state index in [2.05, 4.69) is 17.1 Å². The van der Waals surface area contributed by atoms with Gasteiger partial charge in [-0.25, -0.2) is 0 Å². The fourth-order valence-corrected chi connectivity index (χ4v) is 3.15. The van der Waals surface area contributed by atoms with Crippen LogP contribution in [-0.4, -0.2) is 74.7 Å². The molecule has 0 bridgehead atoms. The van der Waals surface area contributed by atoms with E-state index in [1.54, 1.807) is 0 Å². The Balaban J connectivity index is 1.46. The molecule has 0 aliphatic carbocycles. The lowest BCUT2D eigenvalue weighted by Gasteiger charge is -2.31. The zero-order valence-corrected chi connectivity index (χ0v) is 13.5. The number of ether oxygens (including phenoxy) is 1. The maximum absolute atomic E-state index is 12.1. The third-order valence-electron chi connectivity index (χ3n) is 4.46. The number of hydrogen-bond donors (Lipinski definition) is 1. The topological polar surface area (TPSA) is 44.8 Å². The largest absolute Gasteiger partial charge is 0.379 e. The molecule has 0 aromatic heterocycles. The molecule has 2 aliphatic heterocycles. The Morgan fingerprint density at radius 2 is 2.05 bits per heavy atom. The molecule has 2 fully saturated rings. The van der Waals surface area contributed by atoms with E-state index < -0.39 is 0 Å². The van der Waals surface area contributed by atoms with Crippen molar-refractivity contribution < 1.29 is 9.53 Å². The van der Waals surface area contributed by atoms with Crippen LogP contribution in [0.1, 0.15) is 32.6 Å². The van der Waals surface area contributed by atoms with Gasteiger partial charge in [-0.2, -0.15) is 0 Å². The van der Waals surface area contributed by atoms with E-state index in [4.69, 9.17) is 4.74 Å². The summed E-state index contributed by atoms with van der Waals surface area (Å²) in [5.41, 5.74) is 0. The molecule has 5 nitrogen and oxygen atoms in total. The average molecular weight is 297 g/mol. The number of rotatable bonds is 7. The molecule has 122 valence electrons. The summed E-state index contributed by atoms with van der Waals surface area (Å²) < 4.78 is 5.34. The van der Waals surface area contributed by atoms with Crippen molar-refractivity contribution in [3.05, 3.63) is 0 Å². The highest BCUT2D eigenvalue weighted by Crippen LogP contribution is 2.15. The molecule has 2 aliphatic rings. The van der Waals surface area contributed by atoms with Crippen LogP contribution in [-0.2, 0) is 9.53 Å². The van der Waals surface area contributed by atoms with Gasteiger partial charge in [0.25, 0.3) is 0 Å². The molecule has 0 unspecified atom stereocenters. The van der Waals surface area contributed by atoms with Gasteiger partial charge in [0.15, 0.2) is 0 Å². The number of piperidine rings is 1. The van der Waals surface area contributed by atoms with Crippen LogP contribution in [0, 0.1) is 5.92 Å². The summed E-state index contributed by atoms with van der Waals surface area (Å²) in [6.45, 7) is 11.0. The number of morpholine rings is 1. The van der Waals surface area contributed by atoms with Crippen LogP contribution < -0.4 is 5.32 Å². The first kappa shape index (κ1) is 16.7. The Bertz CT molecular complexity index is 306. The van der Waals surface area contributed by atoms with Crippen molar-refractivity contribution in [2.24, 2.45) is 5.92 Å². The van der Waals surface area contributed by atoms with Crippen molar-refractivity contribution >= 4 is 5.91 Å². The fraction of sp³-hybridized carbons (Fsp3) is 0.938. The van der Waals surface area contributed by atoms with E-state index >= 15 is 0 Å². The summed E-state index contributed by atoms with van der Waals surface area (Å²) in [6.07, 6.45) is 4.22. The summed E-state index contributed by atoms with van der Waals surface area (Å²) >= 11 is 0. The summed E-state index contributed by atoms with van der Waals surface area (Å²) in [7, 11) is 0. The number of likely N-dealkylation sites (tertiary alicyclic amines) is 1. The Hall–Kier alpha value is -0.650. The number of amides is 1. The molecule has 2 saturated heterocycles. The van der Waals surface area contributed by atoms with Gasteiger partial charge in [-0.1, -0.05) is 6.92 Å². The Labute approximate surface area is 129 Å². The third kappa shape index (κ3) is 6.32. The number of carbonyl (C=O) groups excluding carboxylic acids is 1. The first-order chi connectivity index (χ1) is 10.3. The van der Waals surface area contributed by atoms with Gasteiger partial charge in [0, 0.05) is 39.1 Å². The van der Waals surface area contributed by atoms with Crippen LogP contribution in [0.25, 0.3) is 0 Å². The van der Waals surface area contributed by atoms with E-state index in [0.29, 0.717) is 18.2 Å². The fourth-order valence-electron chi connectivity index (χ4n) is 3.15. The van der Waals surface area contributed by atoms with Crippen LogP contribution in [0.4, 0.5) is 0 Å². The molecule has 2 heterocycles. The quantitative estimate of drug-likeness (QED) is 0.711. The molecular weight excluding hydrogens is 266 g/mol. The standard InChI is InChI=1S/C16H31N3O2/c1-15-4-2-9-19(14-15)16(20)5-7-17-6-3-8-18-10-12-21-13-11-18/h15,17H,2-14H2,1H3/t15-/m1/s1. The molecule has 0 radical (unpaired) electrons. The number of nitrogens with one attached hydrogen (secondary N) is 1. The van der Waals surface area contributed by atoms with Crippen molar-refractivity contribution in [1.82, 2.24) is 15.1 Å². The second-order valence-electron chi connectivity index (χ2n) is 6.39. The smallest absolute Gasteiger partial charge is 0.223 e. The normalized spacial score (nSPS) is 24.2. The highest BCUT2D eigenvalue weighted by Gasteiger charge is 2.20. The Kier molecular flexibility index (Phi) is 7.47. The lowest BCUT2D eigenvalue weighted by Crippen LogP contribution is -2.40. The first-order valence-electron chi connectivity index (χ1n) is 8.54. The second-order valence-corrected chi connectivity index (χ2v) is 6.39. The second kappa shape index (κ2) is 9.38. The minimum absolute atomic E-state index is 0.322. The first-order valence-corrected chi connectivity index (χ1v) is 8.54. The van der Waals surface area contributed by atoms with Crippen LogP contribution in [0.3, 0.4) is 0 Å². The average Bonchev–Trinajstić information content (AvgIpc) is 2.51. The lowest BCUT2D eigenvalue weighted by atomic mass is 10.00. The van der Waals surface area contributed by atoms with Gasteiger partial charge in [-0.15, -0.1) is 0 Å². The molecule has 5 heteroatoms. The van der Waals surface area contributed by atoms with Crippen LogP contribution in [0.5, 0.6) is 0 Å². The van der Waals surface area contributed by atoms with Crippen molar-refractivity contribution in [2.75, 3.05) is 59.0 Å². The molecule has 0 spiro atoms. The molecule has 1 atom stereocenters. The number of carbonyl (C=O) groups is 1. The summed E-state index contributed by atoms with van der Waals surface area (Å²) in [6, 6.07) is 0. The monoisotopic (exact) mass is 297 g/mol. The molecule has 2 rings (SSSR count). The minimum Gasteiger partial charge on any atom is -0.379 e. The number of hydrogen-bond acceptors (Lipinski definition) is 4. The van der Waals surface area contributed by atoms with Crippen molar-refractivity contribution in [2.45, 2.75) is 32.6 Å². The van der Waals surface area contributed by atoms with Crippen LogP contribution in [0.15, 0.2) is 0 Å². The third-order valence-corrected chi connectivity index (χ3v) is 4.46. The summed E-state index contributed by atoms with van der Waals surface area (Å²) in [5, 5.41) is 3.40. The zero-order valence-electron chi connectivity index (χ0n) is 13.5. The van der Waals surface area contributed by atoms with E-state index in [9.17, 15) is 4.79 Å². The molecule has 21 heavy (non-hydrogen) atoms. The van der Waals surface area contributed by atoms with E-state index in [0.717, 1.165) is 65.4 Å². The highest BCUT2D eigenvalue weighted by atomic mass is 16.5. The molecular formula is C16H31N3O2. The Morgan fingerprint density at radius 1 is 1.24 bits per heavy atom. The van der Waals surface area contributed by atoms with Gasteiger partial charge in [0.05, 0.1) is 13.2 Å². The van der Waals surface area contributed by atoms with Gasteiger partial charge >= 0.3 is 0 Å². The number of nitrogens with zero attached hydrogens (tertiary/aromatic N) is 2. The predicted octanol–water partition coefficient (Wildman–Crippen LogP) is 0.947. The van der Waals surface area contributed by atoms with Gasteiger partial charge in [0.2, 0.25) is 5.91 Å². The van der Waals surface area contributed by atoms with Gasteiger partial charge < -0.3 is 15.0 Å². The van der Waals surface area contributed by atoms with E-state index in [-0.39, 0.29) is 0 Å². The SMILES string of the molecule is C[C@@H]1CCCN(C(=O)CCNCCCN2CCOCC2)C1. The van der Waals surface area contributed by atoms with Crippen molar-refractivity contribution in [1.29, 1.82) is 0 Å². The maximum atomic E-state index is 12.1. The molecule has 0 saturated carbocycles. The minimum atomic E-state index is 0.322. The predicted molar refractivity (Wildman–Crippen MR) is 84.3 cm³/mol.